The summed E-state index contributed by atoms with van der Waals surface area (Å²) in [4.78, 5) is 15.0. The van der Waals surface area contributed by atoms with Crippen molar-refractivity contribution in [2.45, 2.75) is 38.1 Å². The molecule has 3 atom stereocenters. The van der Waals surface area contributed by atoms with Crippen molar-refractivity contribution in [3.63, 3.8) is 0 Å². The van der Waals surface area contributed by atoms with E-state index < -0.39 is 0 Å². The molecule has 0 radical (unpaired) electrons. The van der Waals surface area contributed by atoms with Crippen molar-refractivity contribution in [1.29, 1.82) is 0 Å². The number of hydrogen-bond acceptors (Lipinski definition) is 5. The standard InChI is InChI=1S/C18H24N4O3/c1-21-10-13(8-20-21)11-22-12-14(7-17-16(22)4-6-25-17)18(23)19-9-15-3-2-5-24-15/h2-3,5,8,10,14,16-17H,4,6-7,9,11-12H2,1H3,(H,19,23)/t14-,16+,17+/m1/s1. The molecule has 0 spiro atoms. The van der Waals surface area contributed by atoms with Gasteiger partial charge in [0.05, 0.1) is 31.0 Å². The van der Waals surface area contributed by atoms with Crippen molar-refractivity contribution in [2.24, 2.45) is 13.0 Å². The zero-order chi connectivity index (χ0) is 17.2. The lowest BCUT2D eigenvalue weighted by Gasteiger charge is -2.40. The second-order valence-electron chi connectivity index (χ2n) is 6.95. The minimum Gasteiger partial charge on any atom is -0.467 e. The second-order valence-corrected chi connectivity index (χ2v) is 6.95. The summed E-state index contributed by atoms with van der Waals surface area (Å²) in [5.74, 6) is 0.777. The van der Waals surface area contributed by atoms with Crippen LogP contribution in [0.25, 0.3) is 0 Å². The fraction of sp³-hybridized carbons (Fsp3) is 0.556. The molecule has 0 unspecified atom stereocenters. The van der Waals surface area contributed by atoms with Gasteiger partial charge >= 0.3 is 0 Å². The van der Waals surface area contributed by atoms with Gasteiger partial charge in [0.1, 0.15) is 5.76 Å². The molecule has 2 aromatic rings. The fourth-order valence-electron chi connectivity index (χ4n) is 3.94. The Labute approximate surface area is 146 Å². The lowest BCUT2D eigenvalue weighted by atomic mass is 9.89. The number of carbonyl (C=O) groups is 1. The highest BCUT2D eigenvalue weighted by Crippen LogP contribution is 2.32. The molecule has 2 aromatic heterocycles. The summed E-state index contributed by atoms with van der Waals surface area (Å²) in [6.45, 7) is 2.77. The van der Waals surface area contributed by atoms with Gasteiger partial charge in [0.25, 0.3) is 0 Å². The molecule has 2 aliphatic rings. The third-order valence-corrected chi connectivity index (χ3v) is 5.15. The van der Waals surface area contributed by atoms with Crippen molar-refractivity contribution in [3.05, 3.63) is 42.1 Å². The van der Waals surface area contributed by atoms with Crippen molar-refractivity contribution >= 4 is 5.91 Å². The quantitative estimate of drug-likeness (QED) is 0.885. The number of rotatable bonds is 5. The number of amides is 1. The molecule has 1 amide bonds. The minimum absolute atomic E-state index is 0.0639. The highest BCUT2D eigenvalue weighted by molar-refractivity contribution is 5.79. The Morgan fingerprint density at radius 1 is 1.48 bits per heavy atom. The SMILES string of the molecule is Cn1cc(CN2C[C@H](C(=O)NCc3ccco3)C[C@@H]3OCC[C@@H]32)cn1. The molecule has 4 heterocycles. The summed E-state index contributed by atoms with van der Waals surface area (Å²) < 4.78 is 13.0. The molecule has 0 bridgehead atoms. The van der Waals surface area contributed by atoms with Crippen LogP contribution in [-0.4, -0.2) is 45.9 Å². The third kappa shape index (κ3) is 3.62. The predicted molar refractivity (Wildman–Crippen MR) is 90.4 cm³/mol. The fourth-order valence-corrected chi connectivity index (χ4v) is 3.94. The Bertz CT molecular complexity index is 712. The number of hydrogen-bond donors (Lipinski definition) is 1. The van der Waals surface area contributed by atoms with Crippen LogP contribution in [0, 0.1) is 5.92 Å². The summed E-state index contributed by atoms with van der Waals surface area (Å²) in [6.07, 6.45) is 7.51. The van der Waals surface area contributed by atoms with E-state index in [9.17, 15) is 4.79 Å². The number of fused-ring (bicyclic) bond motifs is 1. The largest absolute Gasteiger partial charge is 0.467 e. The number of furan rings is 1. The van der Waals surface area contributed by atoms with Crippen LogP contribution in [0.1, 0.15) is 24.2 Å². The average molecular weight is 344 g/mol. The van der Waals surface area contributed by atoms with Crippen LogP contribution in [0.4, 0.5) is 0 Å². The van der Waals surface area contributed by atoms with Crippen molar-refractivity contribution < 1.29 is 13.9 Å². The van der Waals surface area contributed by atoms with Gasteiger partial charge < -0.3 is 14.5 Å². The van der Waals surface area contributed by atoms with Crippen LogP contribution in [-0.2, 0) is 29.7 Å². The van der Waals surface area contributed by atoms with E-state index in [1.54, 1.807) is 6.26 Å². The molecule has 2 fully saturated rings. The maximum atomic E-state index is 12.6. The monoisotopic (exact) mass is 344 g/mol. The topological polar surface area (TPSA) is 72.5 Å². The molecule has 4 rings (SSSR count). The number of piperidine rings is 1. The molecule has 134 valence electrons. The first-order chi connectivity index (χ1) is 12.2. The molecule has 2 saturated heterocycles. The van der Waals surface area contributed by atoms with E-state index in [2.05, 4.69) is 15.3 Å². The Balaban J connectivity index is 1.41. The number of carbonyl (C=O) groups excluding carboxylic acids is 1. The molecule has 0 aliphatic carbocycles. The van der Waals surface area contributed by atoms with Gasteiger partial charge in [0.2, 0.25) is 5.91 Å². The molecule has 25 heavy (non-hydrogen) atoms. The van der Waals surface area contributed by atoms with Crippen LogP contribution in [0.5, 0.6) is 0 Å². The maximum absolute atomic E-state index is 12.6. The number of nitrogens with one attached hydrogen (secondary N) is 1. The number of ether oxygens (including phenoxy) is 1. The maximum Gasteiger partial charge on any atom is 0.224 e. The molecular formula is C18H24N4O3. The molecule has 0 saturated carbocycles. The van der Waals surface area contributed by atoms with Crippen LogP contribution in [0.15, 0.2) is 35.2 Å². The van der Waals surface area contributed by atoms with Crippen LogP contribution in [0.2, 0.25) is 0 Å². The van der Waals surface area contributed by atoms with Gasteiger partial charge in [0.15, 0.2) is 0 Å². The van der Waals surface area contributed by atoms with Crippen LogP contribution >= 0.6 is 0 Å². The third-order valence-electron chi connectivity index (χ3n) is 5.15. The van der Waals surface area contributed by atoms with E-state index in [0.717, 1.165) is 38.3 Å². The summed E-state index contributed by atoms with van der Waals surface area (Å²) in [5.41, 5.74) is 1.17. The lowest BCUT2D eigenvalue weighted by molar-refractivity contribution is -0.130. The molecule has 7 heteroatoms. The van der Waals surface area contributed by atoms with E-state index in [1.165, 1.54) is 5.56 Å². The second kappa shape index (κ2) is 7.01. The summed E-state index contributed by atoms with van der Waals surface area (Å²) >= 11 is 0. The zero-order valence-electron chi connectivity index (χ0n) is 14.4. The lowest BCUT2D eigenvalue weighted by Crippen LogP contribution is -2.52. The number of likely N-dealkylation sites (tertiary alicyclic amines) is 1. The minimum atomic E-state index is -0.0639. The smallest absolute Gasteiger partial charge is 0.224 e. The molecule has 2 aliphatic heterocycles. The van der Waals surface area contributed by atoms with Crippen LogP contribution in [0.3, 0.4) is 0 Å². The highest BCUT2D eigenvalue weighted by Gasteiger charge is 2.42. The van der Waals surface area contributed by atoms with E-state index in [4.69, 9.17) is 9.15 Å². The molecule has 0 aromatic carbocycles. The zero-order valence-corrected chi connectivity index (χ0v) is 14.4. The van der Waals surface area contributed by atoms with Gasteiger partial charge in [-0.25, -0.2) is 0 Å². The Morgan fingerprint density at radius 2 is 2.40 bits per heavy atom. The Hall–Kier alpha value is -2.12. The van der Waals surface area contributed by atoms with Gasteiger partial charge in [0, 0.05) is 44.5 Å². The number of aryl methyl sites for hydroxylation is 1. The summed E-state index contributed by atoms with van der Waals surface area (Å²) in [5, 5.41) is 7.24. The van der Waals surface area contributed by atoms with Gasteiger partial charge in [-0.1, -0.05) is 0 Å². The normalized spacial score (nSPS) is 26.5. The highest BCUT2D eigenvalue weighted by atomic mass is 16.5. The van der Waals surface area contributed by atoms with Gasteiger partial charge in [-0.3, -0.25) is 14.4 Å². The van der Waals surface area contributed by atoms with Gasteiger partial charge in [-0.05, 0) is 25.0 Å². The number of aromatic nitrogens is 2. The number of nitrogens with zero attached hydrogens (tertiary/aromatic N) is 3. The van der Waals surface area contributed by atoms with Crippen molar-refractivity contribution in [1.82, 2.24) is 20.0 Å². The first-order valence-corrected chi connectivity index (χ1v) is 8.82. The van der Waals surface area contributed by atoms with E-state index in [-0.39, 0.29) is 17.9 Å². The molecular weight excluding hydrogens is 320 g/mol. The van der Waals surface area contributed by atoms with E-state index in [1.807, 2.05) is 36.3 Å². The van der Waals surface area contributed by atoms with Crippen LogP contribution < -0.4 is 5.32 Å². The molecule has 7 nitrogen and oxygen atoms in total. The first kappa shape index (κ1) is 16.4. The average Bonchev–Trinajstić information content (AvgIpc) is 3.34. The van der Waals surface area contributed by atoms with Gasteiger partial charge in [-0.2, -0.15) is 5.10 Å². The summed E-state index contributed by atoms with van der Waals surface area (Å²) in [6, 6.07) is 4.09. The van der Waals surface area contributed by atoms with Gasteiger partial charge in [-0.15, -0.1) is 0 Å². The van der Waals surface area contributed by atoms with Crippen molar-refractivity contribution in [2.75, 3.05) is 13.2 Å². The summed E-state index contributed by atoms with van der Waals surface area (Å²) in [7, 11) is 1.92. The Morgan fingerprint density at radius 3 is 3.16 bits per heavy atom. The van der Waals surface area contributed by atoms with Crippen molar-refractivity contribution in [3.8, 4) is 0 Å². The Kier molecular flexibility index (Phi) is 4.59. The molecule has 1 N–H and O–H groups in total. The van der Waals surface area contributed by atoms with E-state index in [0.29, 0.717) is 12.6 Å². The van der Waals surface area contributed by atoms with E-state index >= 15 is 0 Å². The first-order valence-electron chi connectivity index (χ1n) is 8.82. The predicted octanol–water partition coefficient (Wildman–Crippen LogP) is 1.31.